The second kappa shape index (κ2) is 5.44. The highest BCUT2D eigenvalue weighted by Gasteiger charge is 2.33. The Morgan fingerprint density at radius 3 is 2.78 bits per heavy atom. The second-order valence-corrected chi connectivity index (χ2v) is 7.01. The second-order valence-electron chi connectivity index (χ2n) is 7.01. The predicted molar refractivity (Wildman–Crippen MR) is 98.5 cm³/mol. The minimum absolute atomic E-state index is 0.114. The fourth-order valence-corrected chi connectivity index (χ4v) is 4.30. The van der Waals surface area contributed by atoms with Crippen LogP contribution in [0.5, 0.6) is 5.75 Å². The monoisotopic (exact) mass is 363 g/mol. The highest BCUT2D eigenvalue weighted by Crippen LogP contribution is 2.40. The molecular weight excluding hydrogens is 346 g/mol. The molecule has 1 atom stereocenters. The highest BCUT2D eigenvalue weighted by molar-refractivity contribution is 5.94. The van der Waals surface area contributed by atoms with E-state index in [0.29, 0.717) is 23.4 Å². The average molecular weight is 363 g/mol. The number of cyclic esters (lactones) is 1. The van der Waals surface area contributed by atoms with Gasteiger partial charge in [0.25, 0.3) is 5.56 Å². The van der Waals surface area contributed by atoms with Gasteiger partial charge in [-0.05, 0) is 52.6 Å². The van der Waals surface area contributed by atoms with Crippen molar-refractivity contribution in [2.75, 3.05) is 0 Å². The van der Waals surface area contributed by atoms with Crippen LogP contribution in [0.4, 0.5) is 0 Å². The van der Waals surface area contributed by atoms with Gasteiger partial charge >= 0.3 is 5.97 Å². The molecule has 1 aromatic heterocycles. The summed E-state index contributed by atoms with van der Waals surface area (Å²) in [5.74, 6) is -0.521. The molecule has 0 fully saturated rings. The number of hydrogen-bond donors (Lipinski definition) is 2. The lowest BCUT2D eigenvalue weighted by molar-refractivity contribution is -0.157. The van der Waals surface area contributed by atoms with Crippen molar-refractivity contribution in [2.45, 2.75) is 32.6 Å². The van der Waals surface area contributed by atoms with E-state index >= 15 is 0 Å². The Kier molecular flexibility index (Phi) is 3.24. The van der Waals surface area contributed by atoms with E-state index in [4.69, 9.17) is 4.74 Å². The molecule has 0 aliphatic carbocycles. The fraction of sp³-hybridized carbons (Fsp3) is 0.238. The van der Waals surface area contributed by atoms with E-state index in [2.05, 4.69) is 0 Å². The smallest absolute Gasteiger partial charge is 0.340 e. The summed E-state index contributed by atoms with van der Waals surface area (Å²) in [6.45, 7) is 2.36. The van der Waals surface area contributed by atoms with Crippen LogP contribution in [-0.4, -0.2) is 20.7 Å². The van der Waals surface area contributed by atoms with E-state index in [1.54, 1.807) is 22.8 Å². The van der Waals surface area contributed by atoms with Gasteiger partial charge in [-0.25, -0.2) is 4.79 Å². The molecule has 3 aromatic rings. The standard InChI is InChI=1S/C21H17NO5/c1-2-12-13-6-11(23)4-3-10(13)5-14-16(12)8-22-18(14)7-15-17(20(22)25)9-27-21(26)19(15)24/h3-7,19,23-24H,2,8-9H2,1H3/t19-/m0/s1. The first-order valence-electron chi connectivity index (χ1n) is 8.88. The lowest BCUT2D eigenvalue weighted by Crippen LogP contribution is -2.32. The number of hydrogen-bond acceptors (Lipinski definition) is 5. The first kappa shape index (κ1) is 16.1. The number of aromatic hydroxyl groups is 1. The third kappa shape index (κ3) is 2.10. The fourth-order valence-electron chi connectivity index (χ4n) is 4.30. The molecule has 2 aromatic carbocycles. The Hall–Kier alpha value is -3.12. The van der Waals surface area contributed by atoms with Crippen molar-refractivity contribution in [1.29, 1.82) is 0 Å². The molecular formula is C21H17NO5. The average Bonchev–Trinajstić information content (AvgIpc) is 3.02. The quantitative estimate of drug-likeness (QED) is 0.507. The number of benzene rings is 2. The van der Waals surface area contributed by atoms with E-state index in [-0.39, 0.29) is 17.9 Å². The van der Waals surface area contributed by atoms with Gasteiger partial charge in [-0.2, -0.15) is 0 Å². The molecule has 6 nitrogen and oxygen atoms in total. The van der Waals surface area contributed by atoms with Gasteiger partial charge in [-0.1, -0.05) is 13.0 Å². The summed E-state index contributed by atoms with van der Waals surface area (Å²) in [4.78, 5) is 24.7. The van der Waals surface area contributed by atoms with Crippen LogP contribution in [0.3, 0.4) is 0 Å². The summed E-state index contributed by atoms with van der Waals surface area (Å²) in [6.07, 6.45) is -0.671. The zero-order valence-corrected chi connectivity index (χ0v) is 14.7. The number of aliphatic hydroxyl groups is 1. The number of aromatic nitrogens is 1. The summed E-state index contributed by atoms with van der Waals surface area (Å²) in [7, 11) is 0. The van der Waals surface area contributed by atoms with Gasteiger partial charge in [0.2, 0.25) is 0 Å². The maximum Gasteiger partial charge on any atom is 0.340 e. The van der Waals surface area contributed by atoms with Gasteiger partial charge in [0.15, 0.2) is 6.10 Å². The molecule has 2 N–H and O–H groups in total. The maximum atomic E-state index is 13.0. The highest BCUT2D eigenvalue weighted by atomic mass is 16.5. The molecule has 136 valence electrons. The van der Waals surface area contributed by atoms with Gasteiger partial charge in [0, 0.05) is 11.1 Å². The number of esters is 1. The number of phenolic OH excluding ortho intramolecular Hbond substituents is 1. The molecule has 0 radical (unpaired) electrons. The van der Waals surface area contributed by atoms with E-state index in [1.165, 1.54) is 0 Å². The molecule has 27 heavy (non-hydrogen) atoms. The van der Waals surface area contributed by atoms with Crippen LogP contribution < -0.4 is 5.56 Å². The van der Waals surface area contributed by atoms with Crippen molar-refractivity contribution >= 4 is 16.7 Å². The predicted octanol–water partition coefficient (Wildman–Crippen LogP) is 2.39. The summed E-state index contributed by atoms with van der Waals surface area (Å²) in [5, 5.41) is 22.0. The molecule has 0 saturated carbocycles. The number of nitrogens with zero attached hydrogens (tertiary/aromatic N) is 1. The van der Waals surface area contributed by atoms with E-state index in [0.717, 1.165) is 33.9 Å². The van der Waals surface area contributed by atoms with Crippen LogP contribution in [0.2, 0.25) is 0 Å². The minimum atomic E-state index is -1.43. The third-order valence-electron chi connectivity index (χ3n) is 5.61. The number of rotatable bonds is 1. The number of pyridine rings is 1. The molecule has 5 rings (SSSR count). The molecule has 0 saturated heterocycles. The SMILES string of the molecule is CCc1c2c(cc3ccc(O)cc13)-c1cc3c(c(=O)n1C2)COC(=O)[C@H]3O. The van der Waals surface area contributed by atoms with Crippen molar-refractivity contribution in [3.8, 4) is 17.0 Å². The molecule has 0 unspecified atom stereocenters. The van der Waals surface area contributed by atoms with Crippen LogP contribution in [0.1, 0.15) is 35.3 Å². The minimum Gasteiger partial charge on any atom is -0.508 e. The Bertz CT molecular complexity index is 1210. The zero-order chi connectivity index (χ0) is 18.9. The van der Waals surface area contributed by atoms with Crippen LogP contribution in [0.25, 0.3) is 22.0 Å². The van der Waals surface area contributed by atoms with E-state index in [1.807, 2.05) is 19.1 Å². The van der Waals surface area contributed by atoms with Crippen molar-refractivity contribution in [3.63, 3.8) is 0 Å². The number of carbonyl (C=O) groups is 1. The first-order chi connectivity index (χ1) is 13.0. The number of phenols is 1. The van der Waals surface area contributed by atoms with E-state index in [9.17, 15) is 19.8 Å². The Labute approximate surface area is 154 Å². The summed E-state index contributed by atoms with van der Waals surface area (Å²) in [5.41, 5.74) is 4.18. The summed E-state index contributed by atoms with van der Waals surface area (Å²) >= 11 is 0. The maximum absolute atomic E-state index is 13.0. The van der Waals surface area contributed by atoms with Crippen molar-refractivity contribution in [1.82, 2.24) is 4.57 Å². The third-order valence-corrected chi connectivity index (χ3v) is 5.61. The number of aliphatic hydroxyl groups excluding tert-OH is 1. The van der Waals surface area contributed by atoms with Crippen LogP contribution >= 0.6 is 0 Å². The van der Waals surface area contributed by atoms with Gasteiger partial charge < -0.3 is 19.5 Å². The largest absolute Gasteiger partial charge is 0.508 e. The lowest BCUT2D eigenvalue weighted by atomic mass is 9.92. The molecule has 0 bridgehead atoms. The molecule has 6 heteroatoms. The van der Waals surface area contributed by atoms with Gasteiger partial charge in [0.05, 0.1) is 17.8 Å². The van der Waals surface area contributed by atoms with Crippen molar-refractivity contribution in [2.24, 2.45) is 0 Å². The van der Waals surface area contributed by atoms with Crippen molar-refractivity contribution in [3.05, 3.63) is 62.9 Å². The molecule has 0 amide bonds. The van der Waals surface area contributed by atoms with Crippen LogP contribution in [0.15, 0.2) is 35.1 Å². The number of ether oxygens (including phenoxy) is 1. The Morgan fingerprint density at radius 2 is 2.00 bits per heavy atom. The normalized spacial score (nSPS) is 17.4. The van der Waals surface area contributed by atoms with Gasteiger partial charge in [0.1, 0.15) is 12.4 Å². The Balaban J connectivity index is 1.83. The molecule has 2 aliphatic heterocycles. The topological polar surface area (TPSA) is 88.8 Å². The number of carbonyl (C=O) groups excluding carboxylic acids is 1. The number of fused-ring (bicyclic) bond motifs is 5. The van der Waals surface area contributed by atoms with Crippen LogP contribution in [-0.2, 0) is 29.1 Å². The first-order valence-corrected chi connectivity index (χ1v) is 8.88. The lowest BCUT2D eigenvalue weighted by Gasteiger charge is -2.21. The summed E-state index contributed by atoms with van der Waals surface area (Å²) < 4.78 is 6.60. The Morgan fingerprint density at radius 1 is 1.19 bits per heavy atom. The summed E-state index contributed by atoms with van der Waals surface area (Å²) in [6, 6.07) is 8.99. The number of aryl methyl sites for hydroxylation is 1. The van der Waals surface area contributed by atoms with Crippen LogP contribution in [0, 0.1) is 0 Å². The molecule has 0 spiro atoms. The zero-order valence-electron chi connectivity index (χ0n) is 14.7. The molecule has 3 heterocycles. The van der Waals surface area contributed by atoms with Crippen molar-refractivity contribution < 1.29 is 19.7 Å². The van der Waals surface area contributed by atoms with E-state index < -0.39 is 12.1 Å². The van der Waals surface area contributed by atoms with Gasteiger partial charge in [-0.15, -0.1) is 0 Å². The molecule has 2 aliphatic rings. The van der Waals surface area contributed by atoms with Gasteiger partial charge in [-0.3, -0.25) is 4.79 Å².